The van der Waals surface area contributed by atoms with Crippen molar-refractivity contribution in [1.29, 1.82) is 0 Å². The molecule has 2 bridgehead atoms. The SMILES string of the molecule is Cc1ccc(S(=O)(=O)O[C@H]2[C@@H]3[C@@H]4S[C@H]5[C@@H]6C[C@@H]([C@@H]3[C@H]64)[C@@H]25)cc1. The van der Waals surface area contributed by atoms with Gasteiger partial charge in [0, 0.05) is 22.3 Å². The molecule has 22 heavy (non-hydrogen) atoms. The molecular formula is C17H18O3S2. The minimum Gasteiger partial charge on any atom is -0.262 e. The Labute approximate surface area is 134 Å². The molecule has 5 fully saturated rings. The van der Waals surface area contributed by atoms with Crippen LogP contribution in [-0.4, -0.2) is 25.0 Å². The van der Waals surface area contributed by atoms with Crippen LogP contribution in [0.15, 0.2) is 29.2 Å². The Hall–Kier alpha value is -0.520. The first-order valence-electron chi connectivity index (χ1n) is 8.22. The van der Waals surface area contributed by atoms with Gasteiger partial charge < -0.3 is 0 Å². The summed E-state index contributed by atoms with van der Waals surface area (Å²) in [6, 6.07) is 7.02. The predicted octanol–water partition coefficient (Wildman–Crippen LogP) is 2.69. The third-order valence-electron chi connectivity index (χ3n) is 7.10. The summed E-state index contributed by atoms with van der Waals surface area (Å²) in [5.41, 5.74) is 1.07. The number of hydrogen-bond acceptors (Lipinski definition) is 4. The Bertz CT molecular complexity index is 766. The minimum absolute atomic E-state index is 0.0405. The van der Waals surface area contributed by atoms with E-state index in [1.165, 1.54) is 6.42 Å². The van der Waals surface area contributed by atoms with Gasteiger partial charge in [-0.25, -0.2) is 0 Å². The molecule has 4 aliphatic carbocycles. The maximum Gasteiger partial charge on any atom is 0.297 e. The molecule has 3 nitrogen and oxygen atoms in total. The van der Waals surface area contributed by atoms with E-state index < -0.39 is 10.1 Å². The van der Waals surface area contributed by atoms with Crippen LogP contribution in [-0.2, 0) is 14.3 Å². The van der Waals surface area contributed by atoms with E-state index in [1.807, 2.05) is 19.1 Å². The van der Waals surface area contributed by atoms with Gasteiger partial charge in [0.25, 0.3) is 10.1 Å². The Morgan fingerprint density at radius 3 is 2.55 bits per heavy atom. The van der Waals surface area contributed by atoms with Crippen molar-refractivity contribution in [2.45, 2.75) is 34.8 Å². The van der Waals surface area contributed by atoms with Crippen molar-refractivity contribution in [2.75, 3.05) is 0 Å². The second-order valence-corrected chi connectivity index (χ2v) is 10.7. The molecule has 1 aromatic carbocycles. The average Bonchev–Trinajstić information content (AvgIpc) is 2.98. The van der Waals surface area contributed by atoms with Crippen LogP contribution in [0.4, 0.5) is 0 Å². The van der Waals surface area contributed by atoms with Crippen LogP contribution in [0.1, 0.15) is 12.0 Å². The van der Waals surface area contributed by atoms with Gasteiger partial charge in [0.1, 0.15) is 0 Å². The molecule has 9 atom stereocenters. The zero-order valence-corrected chi connectivity index (χ0v) is 13.9. The fourth-order valence-corrected chi connectivity index (χ4v) is 10.1. The first-order chi connectivity index (χ1) is 10.6. The van der Waals surface area contributed by atoms with E-state index in [4.69, 9.17) is 4.18 Å². The highest BCUT2D eigenvalue weighted by Gasteiger charge is 2.82. The lowest BCUT2D eigenvalue weighted by atomic mass is 9.64. The highest BCUT2D eigenvalue weighted by Crippen LogP contribution is 2.82. The maximum atomic E-state index is 12.7. The fraction of sp³-hybridized carbons (Fsp3) is 0.647. The molecule has 1 aliphatic heterocycles. The van der Waals surface area contributed by atoms with Crippen LogP contribution in [0.25, 0.3) is 0 Å². The molecule has 1 saturated heterocycles. The van der Waals surface area contributed by atoms with E-state index >= 15 is 0 Å². The largest absolute Gasteiger partial charge is 0.297 e. The van der Waals surface area contributed by atoms with Crippen molar-refractivity contribution < 1.29 is 12.6 Å². The molecule has 0 aromatic heterocycles. The summed E-state index contributed by atoms with van der Waals surface area (Å²) in [6.07, 6.45) is 1.30. The fourth-order valence-electron chi connectivity index (χ4n) is 6.51. The number of thioether (sulfide) groups is 1. The number of hydrogen-bond donors (Lipinski definition) is 0. The highest BCUT2D eigenvalue weighted by atomic mass is 32.2. The molecule has 0 unspecified atom stereocenters. The predicted molar refractivity (Wildman–Crippen MR) is 84.0 cm³/mol. The Morgan fingerprint density at radius 2 is 1.77 bits per heavy atom. The van der Waals surface area contributed by atoms with Crippen LogP contribution < -0.4 is 0 Å². The number of benzene rings is 1. The normalized spacial score (nSPS) is 52.5. The van der Waals surface area contributed by atoms with Crippen molar-refractivity contribution in [2.24, 2.45) is 35.5 Å². The van der Waals surface area contributed by atoms with E-state index in [2.05, 4.69) is 11.8 Å². The Balaban J connectivity index is 1.35. The van der Waals surface area contributed by atoms with E-state index in [0.29, 0.717) is 27.2 Å². The molecule has 4 saturated carbocycles. The van der Waals surface area contributed by atoms with Gasteiger partial charge in [-0.2, -0.15) is 20.2 Å². The summed E-state index contributed by atoms with van der Waals surface area (Å²) >= 11 is 2.16. The van der Waals surface area contributed by atoms with Gasteiger partial charge in [-0.3, -0.25) is 4.18 Å². The summed E-state index contributed by atoms with van der Waals surface area (Å²) < 4.78 is 31.2. The van der Waals surface area contributed by atoms with Crippen molar-refractivity contribution in [3.05, 3.63) is 29.8 Å². The van der Waals surface area contributed by atoms with Crippen molar-refractivity contribution >= 4 is 21.9 Å². The Morgan fingerprint density at radius 1 is 1.00 bits per heavy atom. The maximum absolute atomic E-state index is 12.7. The monoisotopic (exact) mass is 334 g/mol. The second kappa shape index (κ2) is 3.76. The van der Waals surface area contributed by atoms with Gasteiger partial charge in [0.15, 0.2) is 0 Å². The molecule has 5 heteroatoms. The van der Waals surface area contributed by atoms with Crippen LogP contribution in [0.2, 0.25) is 0 Å². The molecule has 0 N–H and O–H groups in total. The van der Waals surface area contributed by atoms with Crippen molar-refractivity contribution in [1.82, 2.24) is 0 Å². The number of rotatable bonds is 3. The Kier molecular flexibility index (Phi) is 2.19. The van der Waals surface area contributed by atoms with E-state index in [9.17, 15) is 8.42 Å². The molecule has 0 spiro atoms. The standard InChI is InChI=1S/C17H18O3S2/c1-7-2-4-8(5-3-7)22(18,19)20-15-13-9-6-10-12-11(9)14(15)17(12)21-16(10)13/h2-5,9-17H,6H2,1H3/t9-,10+,11+,12-,13-,14+,15+,16-,17+/m0/s1. The topological polar surface area (TPSA) is 43.4 Å². The van der Waals surface area contributed by atoms with Crippen LogP contribution in [0.5, 0.6) is 0 Å². The lowest BCUT2D eigenvalue weighted by Gasteiger charge is -2.46. The van der Waals surface area contributed by atoms with Gasteiger partial charge in [0.05, 0.1) is 11.0 Å². The first kappa shape index (κ1) is 12.8. The number of fused-ring (bicyclic) bond motifs is 2. The van der Waals surface area contributed by atoms with E-state index in [-0.39, 0.29) is 6.10 Å². The van der Waals surface area contributed by atoms with Crippen LogP contribution >= 0.6 is 11.8 Å². The second-order valence-electron chi connectivity index (χ2n) is 7.77. The third-order valence-corrected chi connectivity index (χ3v) is 10.3. The molecule has 116 valence electrons. The van der Waals surface area contributed by atoms with E-state index in [0.717, 1.165) is 29.2 Å². The van der Waals surface area contributed by atoms with Crippen LogP contribution in [0, 0.1) is 42.4 Å². The first-order valence-corrected chi connectivity index (χ1v) is 10.6. The highest BCUT2D eigenvalue weighted by molar-refractivity contribution is 8.01. The van der Waals surface area contributed by atoms with E-state index in [1.54, 1.807) is 12.1 Å². The quantitative estimate of drug-likeness (QED) is 0.797. The van der Waals surface area contributed by atoms with Gasteiger partial charge in [-0.15, -0.1) is 0 Å². The number of aryl methyl sites for hydroxylation is 1. The summed E-state index contributed by atoms with van der Waals surface area (Å²) in [6.45, 7) is 1.96. The summed E-state index contributed by atoms with van der Waals surface area (Å²) in [4.78, 5) is 0.309. The molecule has 0 amide bonds. The molecule has 6 rings (SSSR count). The lowest BCUT2D eigenvalue weighted by Crippen LogP contribution is -2.49. The third kappa shape index (κ3) is 1.27. The minimum atomic E-state index is -3.62. The smallest absolute Gasteiger partial charge is 0.262 e. The van der Waals surface area contributed by atoms with Crippen molar-refractivity contribution in [3.63, 3.8) is 0 Å². The zero-order chi connectivity index (χ0) is 14.8. The molecular weight excluding hydrogens is 316 g/mol. The molecule has 0 radical (unpaired) electrons. The summed E-state index contributed by atoms with van der Waals surface area (Å²) in [5, 5.41) is 1.38. The molecule has 1 aromatic rings. The lowest BCUT2D eigenvalue weighted by molar-refractivity contribution is 0.0487. The summed E-state index contributed by atoms with van der Waals surface area (Å²) in [7, 11) is -3.62. The van der Waals surface area contributed by atoms with Gasteiger partial charge in [0.2, 0.25) is 0 Å². The molecule has 1 heterocycles. The van der Waals surface area contributed by atoms with Gasteiger partial charge in [-0.1, -0.05) is 17.7 Å². The molecule has 5 aliphatic rings. The van der Waals surface area contributed by atoms with Crippen LogP contribution in [0.3, 0.4) is 0 Å². The zero-order valence-electron chi connectivity index (χ0n) is 12.3. The van der Waals surface area contributed by atoms with Gasteiger partial charge >= 0.3 is 0 Å². The van der Waals surface area contributed by atoms with Crippen molar-refractivity contribution in [3.8, 4) is 0 Å². The average molecular weight is 334 g/mol. The summed E-state index contributed by atoms with van der Waals surface area (Å²) in [5.74, 6) is 4.33. The van der Waals surface area contributed by atoms with Gasteiger partial charge in [-0.05, 0) is 49.1 Å².